The molecule has 1 N–H and O–H groups in total. The van der Waals surface area contributed by atoms with Crippen LogP contribution in [0.2, 0.25) is 0 Å². The first-order valence-electron chi connectivity index (χ1n) is 7.58. The Balaban J connectivity index is 2.59. The normalized spacial score (nSPS) is 18.2. The molecule has 1 saturated heterocycles. The number of imide groups is 1. The van der Waals surface area contributed by atoms with Gasteiger partial charge in [-0.25, -0.2) is 0 Å². The molecule has 1 heterocycles. The number of carbonyl (C=O) groups is 3. The van der Waals surface area contributed by atoms with Crippen LogP contribution < -0.4 is 5.32 Å². The first kappa shape index (κ1) is 17.6. The highest BCUT2D eigenvalue weighted by Crippen LogP contribution is 2.19. The summed E-state index contributed by atoms with van der Waals surface area (Å²) in [6.45, 7) is 8.20. The molecule has 1 atom stereocenters. The monoisotopic (exact) mass is 298 g/mol. The standard InChI is InChI=1S/C15H26N2O4/c1-5-21-14(20)15(4,16-11(2)3)9-6-10-17-12(18)7-8-13(17)19/h11,16H,5-10H2,1-4H3. The van der Waals surface area contributed by atoms with Gasteiger partial charge in [0.25, 0.3) is 0 Å². The van der Waals surface area contributed by atoms with Gasteiger partial charge in [-0.1, -0.05) is 0 Å². The average molecular weight is 298 g/mol. The molecule has 0 aliphatic carbocycles. The number of likely N-dealkylation sites (tertiary alicyclic amines) is 1. The fourth-order valence-corrected chi connectivity index (χ4v) is 2.62. The van der Waals surface area contributed by atoms with E-state index in [1.165, 1.54) is 4.90 Å². The van der Waals surface area contributed by atoms with E-state index < -0.39 is 5.54 Å². The largest absolute Gasteiger partial charge is 0.465 e. The lowest BCUT2D eigenvalue weighted by molar-refractivity contribution is -0.151. The molecule has 1 unspecified atom stereocenters. The van der Waals surface area contributed by atoms with E-state index in [-0.39, 0.29) is 23.8 Å². The Bertz CT molecular complexity index is 392. The highest BCUT2D eigenvalue weighted by atomic mass is 16.5. The van der Waals surface area contributed by atoms with Gasteiger partial charge in [-0.2, -0.15) is 0 Å². The average Bonchev–Trinajstić information content (AvgIpc) is 2.69. The minimum atomic E-state index is -0.796. The minimum Gasteiger partial charge on any atom is -0.465 e. The quantitative estimate of drug-likeness (QED) is 0.539. The Labute approximate surface area is 126 Å². The number of rotatable bonds is 8. The summed E-state index contributed by atoms with van der Waals surface area (Å²) < 4.78 is 5.12. The van der Waals surface area contributed by atoms with Gasteiger partial charge in [-0.15, -0.1) is 0 Å². The van der Waals surface area contributed by atoms with Crippen molar-refractivity contribution >= 4 is 17.8 Å². The van der Waals surface area contributed by atoms with E-state index in [4.69, 9.17) is 4.74 Å². The van der Waals surface area contributed by atoms with Crippen molar-refractivity contribution in [2.45, 2.75) is 65.0 Å². The van der Waals surface area contributed by atoms with E-state index in [1.54, 1.807) is 13.8 Å². The number of hydrogen-bond acceptors (Lipinski definition) is 5. The second kappa shape index (κ2) is 7.54. The predicted molar refractivity (Wildman–Crippen MR) is 78.5 cm³/mol. The van der Waals surface area contributed by atoms with E-state index in [1.807, 2.05) is 13.8 Å². The van der Waals surface area contributed by atoms with Crippen LogP contribution in [0.1, 0.15) is 53.4 Å². The van der Waals surface area contributed by atoms with Crippen molar-refractivity contribution in [2.75, 3.05) is 13.2 Å². The number of carbonyl (C=O) groups excluding carboxylic acids is 3. The number of amides is 2. The van der Waals surface area contributed by atoms with Gasteiger partial charge in [0, 0.05) is 25.4 Å². The van der Waals surface area contributed by atoms with E-state index in [0.29, 0.717) is 38.8 Å². The molecule has 2 amide bonds. The van der Waals surface area contributed by atoms with Gasteiger partial charge in [0.05, 0.1) is 6.61 Å². The van der Waals surface area contributed by atoms with Gasteiger partial charge in [-0.05, 0) is 40.5 Å². The fourth-order valence-electron chi connectivity index (χ4n) is 2.62. The summed E-state index contributed by atoms with van der Waals surface area (Å²) in [5, 5.41) is 3.23. The summed E-state index contributed by atoms with van der Waals surface area (Å²) in [7, 11) is 0. The molecule has 0 radical (unpaired) electrons. The lowest BCUT2D eigenvalue weighted by atomic mass is 9.94. The van der Waals surface area contributed by atoms with Crippen molar-refractivity contribution in [3.63, 3.8) is 0 Å². The molecule has 0 spiro atoms. The molecule has 0 aromatic rings. The zero-order chi connectivity index (χ0) is 16.0. The first-order valence-corrected chi connectivity index (χ1v) is 7.58. The van der Waals surface area contributed by atoms with E-state index >= 15 is 0 Å². The zero-order valence-corrected chi connectivity index (χ0v) is 13.4. The van der Waals surface area contributed by atoms with Gasteiger partial charge in [0.2, 0.25) is 11.8 Å². The van der Waals surface area contributed by atoms with Crippen molar-refractivity contribution in [3.8, 4) is 0 Å². The molecule has 6 heteroatoms. The third kappa shape index (κ3) is 4.81. The lowest BCUT2D eigenvalue weighted by Gasteiger charge is -2.31. The maximum Gasteiger partial charge on any atom is 0.326 e. The maximum atomic E-state index is 12.1. The first-order chi connectivity index (χ1) is 9.80. The number of nitrogens with one attached hydrogen (secondary N) is 1. The summed E-state index contributed by atoms with van der Waals surface area (Å²) in [5.41, 5.74) is -0.796. The molecule has 0 bridgehead atoms. The molecule has 0 saturated carbocycles. The third-order valence-electron chi connectivity index (χ3n) is 3.55. The van der Waals surface area contributed by atoms with Crippen LogP contribution in [-0.2, 0) is 19.1 Å². The van der Waals surface area contributed by atoms with Crippen molar-refractivity contribution in [1.82, 2.24) is 10.2 Å². The highest BCUT2D eigenvalue weighted by molar-refractivity contribution is 6.01. The summed E-state index contributed by atoms with van der Waals surface area (Å²) in [6.07, 6.45) is 1.70. The maximum absolute atomic E-state index is 12.1. The molecule has 0 aromatic heterocycles. The van der Waals surface area contributed by atoms with Gasteiger partial charge in [0.15, 0.2) is 0 Å². The van der Waals surface area contributed by atoms with Gasteiger partial charge in [0.1, 0.15) is 5.54 Å². The second-order valence-electron chi connectivity index (χ2n) is 5.89. The Kier molecular flexibility index (Phi) is 6.33. The van der Waals surface area contributed by atoms with Crippen LogP contribution >= 0.6 is 0 Å². The molecule has 1 fully saturated rings. The summed E-state index contributed by atoms with van der Waals surface area (Å²) in [5.74, 6) is -0.526. The van der Waals surface area contributed by atoms with E-state index in [2.05, 4.69) is 5.32 Å². The van der Waals surface area contributed by atoms with Gasteiger partial charge in [-0.3, -0.25) is 24.6 Å². The molecule has 0 aromatic carbocycles. The predicted octanol–water partition coefficient (Wildman–Crippen LogP) is 1.24. The van der Waals surface area contributed by atoms with E-state index in [9.17, 15) is 14.4 Å². The third-order valence-corrected chi connectivity index (χ3v) is 3.55. The SMILES string of the molecule is CCOC(=O)C(C)(CCCN1C(=O)CCC1=O)NC(C)C. The van der Waals surface area contributed by atoms with Crippen LogP contribution in [0.5, 0.6) is 0 Å². The fraction of sp³-hybridized carbons (Fsp3) is 0.800. The molecule has 1 aliphatic heterocycles. The molecule has 1 rings (SSSR count). The van der Waals surface area contributed by atoms with Crippen LogP contribution in [-0.4, -0.2) is 47.4 Å². The summed E-state index contributed by atoms with van der Waals surface area (Å²) in [6, 6.07) is 0.134. The Morgan fingerprint density at radius 1 is 1.33 bits per heavy atom. The van der Waals surface area contributed by atoms with Crippen molar-refractivity contribution in [2.24, 2.45) is 0 Å². The Hall–Kier alpha value is -1.43. The number of nitrogens with zero attached hydrogens (tertiary/aromatic N) is 1. The zero-order valence-electron chi connectivity index (χ0n) is 13.4. The van der Waals surface area contributed by atoms with Crippen LogP contribution in [0, 0.1) is 0 Å². The van der Waals surface area contributed by atoms with Crippen molar-refractivity contribution < 1.29 is 19.1 Å². The highest BCUT2D eigenvalue weighted by Gasteiger charge is 2.36. The van der Waals surface area contributed by atoms with Crippen LogP contribution in [0.3, 0.4) is 0 Å². The number of esters is 1. The van der Waals surface area contributed by atoms with Crippen LogP contribution in [0.4, 0.5) is 0 Å². The molecule has 6 nitrogen and oxygen atoms in total. The molecular weight excluding hydrogens is 272 g/mol. The van der Waals surface area contributed by atoms with Crippen LogP contribution in [0.25, 0.3) is 0 Å². The molecular formula is C15H26N2O4. The van der Waals surface area contributed by atoms with Crippen molar-refractivity contribution in [1.29, 1.82) is 0 Å². The summed E-state index contributed by atoms with van der Waals surface area (Å²) >= 11 is 0. The minimum absolute atomic E-state index is 0.116. The Morgan fingerprint density at radius 3 is 2.38 bits per heavy atom. The topological polar surface area (TPSA) is 75.7 Å². The Morgan fingerprint density at radius 2 is 1.90 bits per heavy atom. The number of ether oxygens (including phenoxy) is 1. The lowest BCUT2D eigenvalue weighted by Crippen LogP contribution is -2.53. The molecule has 1 aliphatic rings. The molecule has 21 heavy (non-hydrogen) atoms. The van der Waals surface area contributed by atoms with Gasteiger partial charge >= 0.3 is 5.97 Å². The summed E-state index contributed by atoms with van der Waals surface area (Å²) in [4.78, 5) is 36.5. The van der Waals surface area contributed by atoms with Crippen LogP contribution in [0.15, 0.2) is 0 Å². The van der Waals surface area contributed by atoms with Crippen molar-refractivity contribution in [3.05, 3.63) is 0 Å². The van der Waals surface area contributed by atoms with E-state index in [0.717, 1.165) is 0 Å². The number of hydrogen-bond donors (Lipinski definition) is 1. The second-order valence-corrected chi connectivity index (χ2v) is 5.89. The molecule has 120 valence electrons. The smallest absolute Gasteiger partial charge is 0.326 e. The van der Waals surface area contributed by atoms with Gasteiger partial charge < -0.3 is 4.74 Å².